The van der Waals surface area contributed by atoms with Gasteiger partial charge < -0.3 is 25.8 Å². The molecule has 2 aliphatic heterocycles. The molecule has 204 valence electrons. The molecule has 11 nitrogen and oxygen atoms in total. The number of hydrogen-bond donors (Lipinski definition) is 2. The Bertz CT molecular complexity index is 1320. The first-order valence-corrected chi connectivity index (χ1v) is 13.3. The highest BCUT2D eigenvalue weighted by molar-refractivity contribution is 8.00. The molecule has 0 aromatic carbocycles. The number of hydrogen-bond acceptors (Lipinski definition) is 10. The monoisotopic (exact) mass is 600 g/mol. The summed E-state index contributed by atoms with van der Waals surface area (Å²) in [6, 6.07) is 3.16. The van der Waals surface area contributed by atoms with Gasteiger partial charge in [-0.3, -0.25) is 14.5 Å². The Balaban J connectivity index is 0.00000200. The number of oxime groups is 1. The predicted molar refractivity (Wildman–Crippen MR) is 145 cm³/mol. The van der Waals surface area contributed by atoms with Crippen molar-refractivity contribution in [3.8, 4) is 0 Å². The molecule has 0 radical (unpaired) electrons. The second kappa shape index (κ2) is 12.3. The number of aromatic nitrogens is 2. The number of nitrogens with two attached hydrogens (primary N) is 1. The SMILES string of the molecule is CO/N=C(\C(=O)N[C@@H]1C(=O)N2C(C(=O)[O-])=C(C[n+]3cccc4c3CCCC4)CS[C@H]12)c1csc(N)n1.Cl.Cl. The highest BCUT2D eigenvalue weighted by Gasteiger charge is 2.53. The molecule has 0 saturated carbocycles. The van der Waals surface area contributed by atoms with Gasteiger partial charge in [0, 0.05) is 34.8 Å². The summed E-state index contributed by atoms with van der Waals surface area (Å²) >= 11 is 2.54. The van der Waals surface area contributed by atoms with Gasteiger partial charge in [0.15, 0.2) is 29.3 Å². The van der Waals surface area contributed by atoms with Gasteiger partial charge in [0.25, 0.3) is 11.8 Å². The molecule has 38 heavy (non-hydrogen) atoms. The minimum absolute atomic E-state index is 0. The fraction of sp³-hybridized carbons (Fsp3) is 0.391. The van der Waals surface area contributed by atoms with Gasteiger partial charge in [0.2, 0.25) is 0 Å². The molecule has 3 N–H and O–H groups in total. The van der Waals surface area contributed by atoms with E-state index in [4.69, 9.17) is 10.6 Å². The van der Waals surface area contributed by atoms with Crippen LogP contribution in [0.25, 0.3) is 0 Å². The average Bonchev–Trinajstić information content (AvgIpc) is 3.31. The van der Waals surface area contributed by atoms with E-state index in [0.29, 0.717) is 17.9 Å². The standard InChI is InChI=1S/C23H24N6O5S2.2ClH/c1-34-27-16(14-11-36-23(24)25-14)19(30)26-17-20(31)29-18(22(32)33)13(10-35-21(17)29)9-28-8-4-6-12-5-2-3-7-15(12)28;;/h4,6,8,11,17,21H,2-3,5,7,9-10H2,1H3,(H3-,24,25,26,30,32,33);2*1H/b27-16-;;/t17-,21-;;/m1../s1. The first kappa shape index (κ1) is 29.7. The fourth-order valence-corrected chi connectivity index (χ4v) is 6.71. The molecule has 2 amide bonds. The number of carbonyl (C=O) groups excluding carboxylic acids is 3. The lowest BCUT2D eigenvalue weighted by molar-refractivity contribution is -0.697. The minimum Gasteiger partial charge on any atom is -0.543 e. The number of nitrogen functional groups attached to an aromatic ring is 1. The molecule has 2 aromatic heterocycles. The van der Waals surface area contributed by atoms with E-state index in [-0.39, 0.29) is 47.0 Å². The number of nitrogens with zero attached hydrogens (tertiary/aromatic N) is 4. The van der Waals surface area contributed by atoms with E-state index in [9.17, 15) is 19.5 Å². The van der Waals surface area contributed by atoms with Gasteiger partial charge in [-0.25, -0.2) is 4.98 Å². The van der Waals surface area contributed by atoms with Crippen LogP contribution in [-0.2, 0) is 38.6 Å². The zero-order valence-corrected chi connectivity index (χ0v) is 23.5. The molecule has 1 fully saturated rings. The number of nitrogens with one attached hydrogen (secondary N) is 1. The van der Waals surface area contributed by atoms with Gasteiger partial charge in [0.05, 0.1) is 11.7 Å². The molecule has 4 heterocycles. The molecule has 0 bridgehead atoms. The van der Waals surface area contributed by atoms with Crippen LogP contribution in [0.15, 0.2) is 40.1 Å². The van der Waals surface area contributed by atoms with E-state index in [1.807, 2.05) is 12.3 Å². The first-order chi connectivity index (χ1) is 17.4. The zero-order valence-electron chi connectivity index (χ0n) is 20.2. The number of amides is 2. The van der Waals surface area contributed by atoms with Crippen LogP contribution in [0.4, 0.5) is 5.13 Å². The van der Waals surface area contributed by atoms with Crippen LogP contribution in [-0.4, -0.2) is 57.7 Å². The van der Waals surface area contributed by atoms with Gasteiger partial charge in [-0.15, -0.1) is 47.9 Å². The van der Waals surface area contributed by atoms with E-state index in [0.717, 1.165) is 37.0 Å². The van der Waals surface area contributed by atoms with Crippen molar-refractivity contribution in [1.82, 2.24) is 15.2 Å². The number of anilines is 1. The molecular weight excluding hydrogens is 575 g/mol. The first-order valence-electron chi connectivity index (χ1n) is 11.4. The molecule has 2 aromatic rings. The molecule has 3 aliphatic rings. The number of β-lactam (4-membered cyclic amide) rings is 1. The molecule has 0 spiro atoms. The second-order valence-electron chi connectivity index (χ2n) is 8.61. The van der Waals surface area contributed by atoms with Crippen molar-refractivity contribution in [3.63, 3.8) is 0 Å². The summed E-state index contributed by atoms with van der Waals surface area (Å²) in [6.45, 7) is 0.364. The Morgan fingerprint density at radius 1 is 1.34 bits per heavy atom. The van der Waals surface area contributed by atoms with Crippen LogP contribution in [0.3, 0.4) is 0 Å². The minimum atomic E-state index is -1.40. The van der Waals surface area contributed by atoms with Crippen LogP contribution in [0.5, 0.6) is 0 Å². The van der Waals surface area contributed by atoms with E-state index < -0.39 is 29.2 Å². The van der Waals surface area contributed by atoms with Crippen molar-refractivity contribution >= 4 is 76.5 Å². The lowest BCUT2D eigenvalue weighted by Gasteiger charge is -2.50. The van der Waals surface area contributed by atoms with Gasteiger partial charge in [-0.2, -0.15) is 4.57 Å². The lowest BCUT2D eigenvalue weighted by Crippen LogP contribution is -2.71. The van der Waals surface area contributed by atoms with E-state index in [1.165, 1.54) is 35.0 Å². The average molecular weight is 602 g/mol. The number of fused-ring (bicyclic) bond motifs is 2. The highest BCUT2D eigenvalue weighted by atomic mass is 35.5. The maximum absolute atomic E-state index is 13.1. The number of aryl methyl sites for hydroxylation is 1. The van der Waals surface area contributed by atoms with Crippen LogP contribution in [0.1, 0.15) is 29.8 Å². The summed E-state index contributed by atoms with van der Waals surface area (Å²) in [5.74, 6) is -2.20. The number of pyridine rings is 1. The van der Waals surface area contributed by atoms with Crippen molar-refractivity contribution in [2.75, 3.05) is 18.6 Å². The fourth-order valence-electron chi connectivity index (χ4n) is 4.82. The number of carboxylic acids is 1. The van der Waals surface area contributed by atoms with Crippen molar-refractivity contribution in [1.29, 1.82) is 0 Å². The summed E-state index contributed by atoms with van der Waals surface area (Å²) in [4.78, 5) is 48.2. The molecule has 5 rings (SSSR count). The quantitative estimate of drug-likeness (QED) is 0.197. The van der Waals surface area contributed by atoms with E-state index in [2.05, 4.69) is 26.1 Å². The largest absolute Gasteiger partial charge is 0.543 e. The molecule has 2 atom stereocenters. The normalized spacial score (nSPS) is 20.3. The van der Waals surface area contributed by atoms with Gasteiger partial charge in [-0.1, -0.05) is 5.16 Å². The van der Waals surface area contributed by atoms with Gasteiger partial charge in [0.1, 0.15) is 24.2 Å². The van der Waals surface area contributed by atoms with Crippen molar-refractivity contribution in [2.45, 2.75) is 43.6 Å². The van der Waals surface area contributed by atoms with E-state index in [1.54, 1.807) is 5.38 Å². The number of thiazole rings is 1. The Morgan fingerprint density at radius 3 is 2.79 bits per heavy atom. The van der Waals surface area contributed by atoms with Gasteiger partial charge in [-0.05, 0) is 25.3 Å². The van der Waals surface area contributed by atoms with Crippen LogP contribution in [0.2, 0.25) is 0 Å². The Kier molecular flexibility index (Phi) is 9.63. The summed E-state index contributed by atoms with van der Waals surface area (Å²) in [7, 11) is 1.29. The Morgan fingerprint density at radius 2 is 2.11 bits per heavy atom. The van der Waals surface area contributed by atoms with Gasteiger partial charge >= 0.3 is 0 Å². The smallest absolute Gasteiger partial charge is 0.276 e. The topological polar surface area (TPSA) is 154 Å². The Hall–Kier alpha value is -2.87. The van der Waals surface area contributed by atoms with Crippen LogP contribution in [0, 0.1) is 0 Å². The second-order valence-corrected chi connectivity index (χ2v) is 10.6. The number of thioether (sulfide) groups is 1. The lowest BCUT2D eigenvalue weighted by atomic mass is 9.95. The Labute approximate surface area is 239 Å². The third-order valence-corrected chi connectivity index (χ3v) is 8.45. The number of aliphatic carboxylic acids is 1. The molecule has 1 aliphatic carbocycles. The summed E-state index contributed by atoms with van der Waals surface area (Å²) < 4.78 is 2.07. The summed E-state index contributed by atoms with van der Waals surface area (Å²) in [5.41, 5.74) is 8.72. The molecular formula is C23H26Cl2N6O5S2. The highest BCUT2D eigenvalue weighted by Crippen LogP contribution is 2.40. The number of halogens is 2. The van der Waals surface area contributed by atoms with E-state index >= 15 is 0 Å². The van der Waals surface area contributed by atoms with Crippen molar-refractivity contribution < 1.29 is 28.9 Å². The summed E-state index contributed by atoms with van der Waals surface area (Å²) in [6.07, 6.45) is 6.13. The number of rotatable bonds is 7. The summed E-state index contributed by atoms with van der Waals surface area (Å²) in [5, 5.41) is 19.8. The third kappa shape index (κ3) is 5.46. The van der Waals surface area contributed by atoms with Crippen molar-refractivity contribution in [2.24, 2.45) is 5.16 Å². The molecule has 0 unspecified atom stereocenters. The number of carboxylic acid groups (broad SMARTS) is 1. The predicted octanol–water partition coefficient (Wildman–Crippen LogP) is 0.190. The van der Waals surface area contributed by atoms with Crippen LogP contribution < -0.4 is 20.7 Å². The van der Waals surface area contributed by atoms with Crippen LogP contribution >= 0.6 is 47.9 Å². The maximum Gasteiger partial charge on any atom is 0.276 e. The zero-order chi connectivity index (χ0) is 25.4. The maximum atomic E-state index is 13.1. The third-order valence-electron chi connectivity index (χ3n) is 6.44. The van der Waals surface area contributed by atoms with Crippen molar-refractivity contribution in [3.05, 3.63) is 51.9 Å². The molecule has 15 heteroatoms. The number of carbonyl (C=O) groups is 3. The molecule has 1 saturated heterocycles.